The number of hydrogen-bond donors (Lipinski definition) is 1. The van der Waals surface area contributed by atoms with Crippen molar-refractivity contribution >= 4 is 34.8 Å². The number of fused-ring (bicyclic) bond motifs is 2. The van der Waals surface area contributed by atoms with E-state index >= 15 is 9.18 Å². The first-order chi connectivity index (χ1) is 26.5. The summed E-state index contributed by atoms with van der Waals surface area (Å²) in [6.45, 7) is 6.85. The maximum Gasteiger partial charge on any atom is 0.264 e. The summed E-state index contributed by atoms with van der Waals surface area (Å²) in [6.07, 6.45) is 5.03. The number of aliphatic hydroxyl groups excluding tert-OH is 1. The van der Waals surface area contributed by atoms with Gasteiger partial charge in [-0.05, 0) is 87.4 Å². The van der Waals surface area contributed by atoms with E-state index in [1.54, 1.807) is 34.5 Å². The van der Waals surface area contributed by atoms with Crippen molar-refractivity contribution in [3.05, 3.63) is 101 Å². The number of carbonyl (C=O) groups is 3. The number of benzene rings is 3. The number of anilines is 3. The van der Waals surface area contributed by atoms with Gasteiger partial charge in [-0.1, -0.05) is 54.6 Å². The highest BCUT2D eigenvalue weighted by molar-refractivity contribution is 6.08. The number of nitrogens with zero attached hydrogens (tertiary/aromatic N) is 6. The van der Waals surface area contributed by atoms with Gasteiger partial charge < -0.3 is 24.5 Å². The number of rotatable bonds is 10. The third-order valence-corrected chi connectivity index (χ3v) is 12.1. The Labute approximate surface area is 321 Å². The van der Waals surface area contributed by atoms with Gasteiger partial charge in [-0.15, -0.1) is 5.10 Å². The molecule has 0 unspecified atom stereocenters. The second-order valence-corrected chi connectivity index (χ2v) is 16.0. The second-order valence-electron chi connectivity index (χ2n) is 16.0. The highest BCUT2D eigenvalue weighted by Gasteiger charge is 2.66. The van der Waals surface area contributed by atoms with Crippen LogP contribution in [0, 0.1) is 11.8 Å². The molecule has 5 heterocycles. The van der Waals surface area contributed by atoms with Crippen LogP contribution in [0.5, 0.6) is 0 Å². The fraction of sp³-hybridized carbons (Fsp3) is 0.465. The second kappa shape index (κ2) is 14.6. The minimum Gasteiger partial charge on any atom is -0.382 e. The zero-order valence-corrected chi connectivity index (χ0v) is 31.7. The van der Waals surface area contributed by atoms with E-state index in [9.17, 15) is 14.7 Å². The van der Waals surface area contributed by atoms with E-state index in [0.717, 1.165) is 36.9 Å². The summed E-state index contributed by atoms with van der Waals surface area (Å²) in [5.41, 5.74) is 1.63. The molecule has 4 aliphatic rings. The van der Waals surface area contributed by atoms with E-state index in [0.29, 0.717) is 67.1 Å². The van der Waals surface area contributed by atoms with Gasteiger partial charge in [0.15, 0.2) is 5.60 Å². The number of piperidine rings is 2. The summed E-state index contributed by atoms with van der Waals surface area (Å²) in [5, 5.41) is 19.4. The van der Waals surface area contributed by atoms with Crippen molar-refractivity contribution in [2.45, 2.75) is 102 Å². The quantitative estimate of drug-likeness (QED) is 0.194. The predicted molar refractivity (Wildman–Crippen MR) is 206 cm³/mol. The number of amides is 3. The Balaban J connectivity index is 1.11. The van der Waals surface area contributed by atoms with Crippen molar-refractivity contribution in [3.8, 4) is 0 Å². The largest absolute Gasteiger partial charge is 0.382 e. The summed E-state index contributed by atoms with van der Waals surface area (Å²) >= 11 is 0. The first-order valence-corrected chi connectivity index (χ1v) is 19.6. The Bertz CT molecular complexity index is 2070. The van der Waals surface area contributed by atoms with Gasteiger partial charge in [-0.3, -0.25) is 19.1 Å². The average Bonchev–Trinajstić information content (AvgIpc) is 3.85. The van der Waals surface area contributed by atoms with Gasteiger partial charge in [0.2, 0.25) is 11.8 Å². The van der Waals surface area contributed by atoms with Crippen molar-refractivity contribution in [1.82, 2.24) is 15.0 Å². The van der Waals surface area contributed by atoms with Crippen LogP contribution >= 0.6 is 0 Å². The number of aromatic nitrogens is 3. The van der Waals surface area contributed by atoms with Crippen molar-refractivity contribution in [1.29, 1.82) is 0 Å². The lowest BCUT2D eigenvalue weighted by Gasteiger charge is -2.33. The van der Waals surface area contributed by atoms with Crippen molar-refractivity contribution in [2.24, 2.45) is 11.8 Å². The van der Waals surface area contributed by atoms with Gasteiger partial charge in [0.25, 0.3) is 5.91 Å². The molecule has 0 aliphatic carbocycles. The molecular formula is C43H49FN6O5. The minimum atomic E-state index is -1.71. The highest BCUT2D eigenvalue weighted by atomic mass is 19.1. The van der Waals surface area contributed by atoms with Crippen LogP contribution < -0.4 is 14.7 Å². The van der Waals surface area contributed by atoms with Crippen LogP contribution in [0.3, 0.4) is 0 Å². The van der Waals surface area contributed by atoms with E-state index in [-0.39, 0.29) is 24.3 Å². The zero-order valence-electron chi connectivity index (χ0n) is 31.7. The molecule has 1 N–H and O–H groups in total. The van der Waals surface area contributed by atoms with Crippen LogP contribution in [0.2, 0.25) is 0 Å². The van der Waals surface area contributed by atoms with Gasteiger partial charge in [-0.25, -0.2) is 4.39 Å². The molecule has 1 spiro atoms. The van der Waals surface area contributed by atoms with Crippen molar-refractivity contribution in [2.75, 3.05) is 27.8 Å². The molecule has 0 saturated carbocycles. The van der Waals surface area contributed by atoms with E-state index in [1.165, 1.54) is 0 Å². The maximum absolute atomic E-state index is 16.5. The van der Waals surface area contributed by atoms with E-state index in [4.69, 9.17) is 4.74 Å². The molecular weight excluding hydrogens is 700 g/mol. The van der Waals surface area contributed by atoms with Crippen LogP contribution in [0.15, 0.2) is 79.0 Å². The fourth-order valence-corrected chi connectivity index (χ4v) is 9.37. The first kappa shape index (κ1) is 37.0. The number of ether oxygens (including phenoxy) is 1. The lowest BCUT2D eigenvalue weighted by atomic mass is 9.71. The van der Waals surface area contributed by atoms with Crippen molar-refractivity contribution in [3.63, 3.8) is 0 Å². The molecule has 288 valence electrons. The number of carbonyl (C=O) groups excluding carboxylic acids is 3. The van der Waals surface area contributed by atoms with Crippen LogP contribution in [-0.4, -0.2) is 62.7 Å². The van der Waals surface area contributed by atoms with E-state index < -0.39 is 35.3 Å². The molecule has 11 nitrogen and oxygen atoms in total. The average molecular weight is 749 g/mol. The Morgan fingerprint density at radius 3 is 2.22 bits per heavy atom. The number of alkyl halides is 1. The lowest BCUT2D eigenvalue weighted by Crippen LogP contribution is -2.45. The summed E-state index contributed by atoms with van der Waals surface area (Å²) in [5.74, 6) is -1.34. The van der Waals surface area contributed by atoms with Crippen LogP contribution in [-0.2, 0) is 37.8 Å². The summed E-state index contributed by atoms with van der Waals surface area (Å²) in [7, 11) is 0. The van der Waals surface area contributed by atoms with Crippen molar-refractivity contribution < 1.29 is 28.6 Å². The monoisotopic (exact) mass is 748 g/mol. The molecule has 3 aromatic carbocycles. The summed E-state index contributed by atoms with van der Waals surface area (Å²) in [4.78, 5) is 46.1. The van der Waals surface area contributed by atoms with E-state index in [2.05, 4.69) is 10.3 Å². The Morgan fingerprint density at radius 1 is 0.909 bits per heavy atom. The highest BCUT2D eigenvalue weighted by Crippen LogP contribution is 2.59. The molecule has 3 saturated heterocycles. The lowest BCUT2D eigenvalue weighted by molar-refractivity contribution is -0.146. The summed E-state index contributed by atoms with van der Waals surface area (Å²) < 4.78 is 25.1. The van der Waals surface area contributed by atoms with Gasteiger partial charge in [0.05, 0.1) is 24.5 Å². The van der Waals surface area contributed by atoms with Gasteiger partial charge in [-0.2, -0.15) is 0 Å². The van der Waals surface area contributed by atoms with Gasteiger partial charge >= 0.3 is 0 Å². The Hall–Kier alpha value is -4.94. The smallest absolute Gasteiger partial charge is 0.264 e. The predicted octanol–water partition coefficient (Wildman–Crippen LogP) is 6.63. The van der Waals surface area contributed by atoms with Crippen LogP contribution in [0.25, 0.3) is 0 Å². The molecule has 8 rings (SSSR count). The number of halogens is 1. The first-order valence-electron chi connectivity index (χ1n) is 19.6. The molecule has 55 heavy (non-hydrogen) atoms. The minimum absolute atomic E-state index is 0.0410. The molecule has 1 aromatic heterocycles. The standard InChI is InChI=1S/C43H49FN6O5/c1-28-39(42(2,3)44)36(21-24-47-27-34(45-46-47)40(53)30-11-5-4-6-12-30)55-43(28)33-25-32(49-23-10-8-14-38(49)52)19-20-35(33)50(41(43)54)26-29-15-17-31(18-16-29)48-22-9-7-13-37(48)51/h4-6,11-12,15-20,25,27-28,36,39-40,53H,7-10,13-14,21-24,26H2,1-3H3/t28-,36+,39-,40+,43+/m0/s1. The fourth-order valence-electron chi connectivity index (χ4n) is 9.37. The normalized spacial score (nSPS) is 24.9. The van der Waals surface area contributed by atoms with E-state index in [1.807, 2.05) is 84.6 Å². The number of aryl methyl sites for hydroxylation is 1. The zero-order chi connectivity index (χ0) is 38.5. The van der Waals surface area contributed by atoms with Crippen LogP contribution in [0.4, 0.5) is 21.5 Å². The summed E-state index contributed by atoms with van der Waals surface area (Å²) in [6, 6.07) is 22.7. The molecule has 5 atom stereocenters. The Kier molecular flexibility index (Phi) is 9.83. The molecule has 0 radical (unpaired) electrons. The molecule has 0 bridgehead atoms. The number of hydrogen-bond acceptors (Lipinski definition) is 7. The van der Waals surface area contributed by atoms with Gasteiger partial charge in [0, 0.05) is 61.2 Å². The molecule has 3 fully saturated rings. The topological polar surface area (TPSA) is 121 Å². The number of aliphatic hydroxyl groups is 1. The molecule has 4 aliphatic heterocycles. The Morgan fingerprint density at radius 2 is 1.56 bits per heavy atom. The SMILES string of the molecule is C[C@H]1[C@H](C(C)(C)F)[C@@H](CCn2cc([C@H](O)c3ccccc3)nn2)O[C@]12C(=O)N(Cc1ccc(N3CCCCC3=O)cc1)c1ccc(N3CCCCC3=O)cc12. The molecule has 3 amide bonds. The third kappa shape index (κ3) is 6.73. The molecule has 12 heteroatoms. The third-order valence-electron chi connectivity index (χ3n) is 12.1. The van der Waals surface area contributed by atoms with Gasteiger partial charge in [0.1, 0.15) is 17.5 Å². The molecule has 4 aromatic rings. The maximum atomic E-state index is 16.5. The van der Waals surface area contributed by atoms with Crippen LogP contribution in [0.1, 0.15) is 94.2 Å².